The zero-order valence-corrected chi connectivity index (χ0v) is 49.3. The van der Waals surface area contributed by atoms with Crippen molar-refractivity contribution < 1.29 is 139 Å². The van der Waals surface area contributed by atoms with Gasteiger partial charge in [0.15, 0.2) is 31.5 Å². The van der Waals surface area contributed by atoms with Crippen molar-refractivity contribution in [3.05, 3.63) is 22.8 Å². The molecule has 0 amide bonds. The summed E-state index contributed by atoms with van der Waals surface area (Å²) in [6.45, 7) is 6.90. The normalized spacial score (nSPS) is 50.9. The molecule has 28 nitrogen and oxygen atoms in total. The van der Waals surface area contributed by atoms with E-state index in [2.05, 4.69) is 26.8 Å². The maximum Gasteiger partial charge on any atom is 0.187 e. The summed E-state index contributed by atoms with van der Waals surface area (Å²) in [7, 11) is 0. The molecule has 0 radical (unpaired) electrons. The molecule has 8 fully saturated rings. The molecule has 496 valence electrons. The van der Waals surface area contributed by atoms with Gasteiger partial charge in [0.1, 0.15) is 122 Å². The van der Waals surface area contributed by atoms with Crippen LogP contribution in [0, 0.1) is 40.4 Å². The molecule has 4 aliphatic carbocycles. The highest BCUT2D eigenvalue weighted by Gasteiger charge is 2.61. The third kappa shape index (κ3) is 13.3. The smallest absolute Gasteiger partial charge is 0.187 e. The standard InChI is InChI=1S/C58H96O28/c1-22(23(2)16-59)14-31(80-56-51(46(72)39(65)34(19-62)83-56)86-55-50(76)45(71)41(67)36(85-55)21-78-53-48(74)43(69)38(64)33(18-61)82-53)24(3)28-8-9-29-27-7-6-25-15-26(10-12-57(25,4)30(27)11-13-58(28,29)5)79-54-49(75)44(70)40(66)35(84-54)20-77-52-47(73)42(68)37(63)32(17-60)81-52/h6,24,26-56,59-76H,7-21H2,1-5H3/b23-22-. The van der Waals surface area contributed by atoms with Gasteiger partial charge in [-0.15, -0.1) is 0 Å². The summed E-state index contributed by atoms with van der Waals surface area (Å²) in [6, 6.07) is 0. The van der Waals surface area contributed by atoms with Gasteiger partial charge in [0.05, 0.1) is 51.8 Å². The summed E-state index contributed by atoms with van der Waals surface area (Å²) in [6.07, 6.45) is -33.2. The first-order valence-corrected chi connectivity index (χ1v) is 30.5. The van der Waals surface area contributed by atoms with E-state index in [0.29, 0.717) is 36.2 Å². The summed E-state index contributed by atoms with van der Waals surface area (Å²) in [5.74, 6) is 0.793. The molecular formula is C58H96O28. The summed E-state index contributed by atoms with van der Waals surface area (Å²) in [5, 5.41) is 191. The zero-order chi connectivity index (χ0) is 62.6. The highest BCUT2D eigenvalue weighted by molar-refractivity contribution is 5.26. The highest BCUT2D eigenvalue weighted by atomic mass is 16.8. The summed E-state index contributed by atoms with van der Waals surface area (Å²) < 4.78 is 59.7. The summed E-state index contributed by atoms with van der Waals surface area (Å²) in [4.78, 5) is 0. The van der Waals surface area contributed by atoms with E-state index in [4.69, 9.17) is 47.4 Å². The van der Waals surface area contributed by atoms with E-state index in [1.807, 2.05) is 6.92 Å². The molecule has 3 saturated carbocycles. The van der Waals surface area contributed by atoms with Gasteiger partial charge < -0.3 is 139 Å². The molecule has 0 spiro atoms. The van der Waals surface area contributed by atoms with Crippen LogP contribution in [0.2, 0.25) is 0 Å². The molecule has 0 aromatic carbocycles. The Hall–Kier alpha value is -1.64. The predicted molar refractivity (Wildman–Crippen MR) is 290 cm³/mol. The second-order valence-electron chi connectivity index (χ2n) is 26.3. The minimum absolute atomic E-state index is 0.0712. The molecule has 28 heteroatoms. The molecule has 5 aliphatic heterocycles. The lowest BCUT2D eigenvalue weighted by atomic mass is 9.47. The van der Waals surface area contributed by atoms with Gasteiger partial charge in [-0.25, -0.2) is 0 Å². The van der Waals surface area contributed by atoms with E-state index in [1.54, 1.807) is 6.92 Å². The quantitative estimate of drug-likeness (QED) is 0.0507. The van der Waals surface area contributed by atoms with Crippen molar-refractivity contribution in [2.24, 2.45) is 40.4 Å². The van der Waals surface area contributed by atoms with Crippen molar-refractivity contribution in [1.29, 1.82) is 0 Å². The number of rotatable bonds is 20. The first kappa shape index (κ1) is 68.7. The molecule has 5 heterocycles. The molecule has 5 saturated heterocycles. The van der Waals surface area contributed by atoms with Crippen molar-refractivity contribution in [2.75, 3.05) is 39.6 Å². The minimum atomic E-state index is -1.97. The Morgan fingerprint density at radius 3 is 1.49 bits per heavy atom. The highest BCUT2D eigenvalue weighted by Crippen LogP contribution is 2.68. The second kappa shape index (κ2) is 28.3. The van der Waals surface area contributed by atoms with E-state index in [-0.39, 0.29) is 35.7 Å². The third-order valence-corrected chi connectivity index (χ3v) is 21.5. The van der Waals surface area contributed by atoms with Crippen LogP contribution >= 0.6 is 0 Å². The van der Waals surface area contributed by atoms with E-state index in [1.165, 1.54) is 5.57 Å². The largest absolute Gasteiger partial charge is 0.394 e. The number of hydrogen-bond acceptors (Lipinski definition) is 28. The fourth-order valence-corrected chi connectivity index (χ4v) is 15.8. The second-order valence-corrected chi connectivity index (χ2v) is 26.3. The molecule has 9 aliphatic rings. The van der Waals surface area contributed by atoms with Gasteiger partial charge in [-0.1, -0.05) is 38.0 Å². The van der Waals surface area contributed by atoms with Crippen LogP contribution < -0.4 is 0 Å². The van der Waals surface area contributed by atoms with Crippen molar-refractivity contribution >= 4 is 0 Å². The lowest BCUT2D eigenvalue weighted by Crippen LogP contribution is -2.65. The molecule has 9 rings (SSSR count). The molecule has 0 bridgehead atoms. The fourth-order valence-electron chi connectivity index (χ4n) is 15.8. The van der Waals surface area contributed by atoms with Crippen molar-refractivity contribution in [1.82, 2.24) is 0 Å². The number of ether oxygens (including phenoxy) is 10. The number of hydrogen-bond donors (Lipinski definition) is 18. The average molecular weight is 1240 g/mol. The van der Waals surface area contributed by atoms with Crippen LogP contribution in [0.15, 0.2) is 22.8 Å². The fraction of sp³-hybridized carbons (Fsp3) is 0.931. The number of fused-ring (bicyclic) bond motifs is 5. The Bertz CT molecular complexity index is 2260. The summed E-state index contributed by atoms with van der Waals surface area (Å²) >= 11 is 0. The zero-order valence-electron chi connectivity index (χ0n) is 49.3. The van der Waals surface area contributed by atoms with Gasteiger partial charge in [-0.3, -0.25) is 0 Å². The van der Waals surface area contributed by atoms with Gasteiger partial charge in [-0.05, 0) is 118 Å². The van der Waals surface area contributed by atoms with Crippen LogP contribution in [-0.4, -0.2) is 297 Å². The monoisotopic (exact) mass is 1240 g/mol. The first-order chi connectivity index (χ1) is 40.7. The van der Waals surface area contributed by atoms with E-state index in [0.717, 1.165) is 44.1 Å². The third-order valence-electron chi connectivity index (χ3n) is 21.5. The van der Waals surface area contributed by atoms with Gasteiger partial charge in [0.25, 0.3) is 0 Å². The Kier molecular flexibility index (Phi) is 22.6. The van der Waals surface area contributed by atoms with Crippen molar-refractivity contribution in [3.63, 3.8) is 0 Å². The molecule has 86 heavy (non-hydrogen) atoms. The lowest BCUT2D eigenvalue weighted by Gasteiger charge is -2.59. The SMILES string of the molecule is C/C(CO)=C(\C)CC(OC1OC(CO)C(O)C(O)C1OC1OC(COC2OC(CO)C(O)C(O)C2O)C(O)C(O)C1O)C(C)C1CCC2C3CC=C4CC(OC5OC(COC6OC(CO)C(O)C(O)C6O)C(O)C(O)C5O)CCC4(C)C3CCC12C. The molecule has 0 aromatic rings. The number of aliphatic hydroxyl groups excluding tert-OH is 18. The molecule has 0 aromatic heterocycles. The van der Waals surface area contributed by atoms with Gasteiger partial charge in [0, 0.05) is 0 Å². The average Bonchev–Trinajstić information content (AvgIpc) is 2.88. The molecule has 34 atom stereocenters. The Morgan fingerprint density at radius 2 is 0.977 bits per heavy atom. The van der Waals surface area contributed by atoms with Crippen molar-refractivity contribution in [3.8, 4) is 0 Å². The number of aliphatic hydroxyl groups is 18. The van der Waals surface area contributed by atoms with Crippen LogP contribution in [0.3, 0.4) is 0 Å². The van der Waals surface area contributed by atoms with Gasteiger partial charge in [-0.2, -0.15) is 0 Å². The van der Waals surface area contributed by atoms with Gasteiger partial charge >= 0.3 is 0 Å². The minimum Gasteiger partial charge on any atom is -0.394 e. The van der Waals surface area contributed by atoms with Gasteiger partial charge in [0.2, 0.25) is 0 Å². The van der Waals surface area contributed by atoms with Crippen LogP contribution in [0.1, 0.15) is 92.4 Å². The Balaban J connectivity index is 0.875. The van der Waals surface area contributed by atoms with Crippen LogP contribution in [-0.2, 0) is 47.4 Å². The van der Waals surface area contributed by atoms with Crippen LogP contribution in [0.25, 0.3) is 0 Å². The maximum absolute atomic E-state index is 11.8. The Morgan fingerprint density at radius 1 is 0.512 bits per heavy atom. The van der Waals surface area contributed by atoms with E-state index in [9.17, 15) is 91.9 Å². The lowest BCUT2D eigenvalue weighted by molar-refractivity contribution is -0.377. The van der Waals surface area contributed by atoms with E-state index >= 15 is 0 Å². The number of allylic oxidation sites excluding steroid dienone is 1. The van der Waals surface area contributed by atoms with Crippen LogP contribution in [0.5, 0.6) is 0 Å². The summed E-state index contributed by atoms with van der Waals surface area (Å²) in [5.41, 5.74) is 2.38. The topological polar surface area (TPSA) is 456 Å². The molecular weight excluding hydrogens is 1140 g/mol. The predicted octanol–water partition coefficient (Wildman–Crippen LogP) is -5.24. The molecule has 18 N–H and O–H groups in total. The molecule has 34 unspecified atom stereocenters. The van der Waals surface area contributed by atoms with Crippen LogP contribution in [0.4, 0.5) is 0 Å². The van der Waals surface area contributed by atoms with Crippen molar-refractivity contribution in [2.45, 2.75) is 258 Å². The van der Waals surface area contributed by atoms with E-state index < -0.39 is 199 Å². The maximum atomic E-state index is 11.8. The Labute approximate surface area is 499 Å². The first-order valence-electron chi connectivity index (χ1n) is 30.5.